The van der Waals surface area contributed by atoms with Crippen molar-refractivity contribution >= 4 is 18.0 Å². The highest BCUT2D eigenvalue weighted by Crippen LogP contribution is 2.17. The minimum absolute atomic E-state index is 0.155. The van der Waals surface area contributed by atoms with Crippen molar-refractivity contribution in [1.29, 1.82) is 0 Å². The molecule has 21 heavy (non-hydrogen) atoms. The van der Waals surface area contributed by atoms with Crippen LogP contribution in [0, 0.1) is 11.8 Å². The highest BCUT2D eigenvalue weighted by atomic mass is 16.5. The normalized spacial score (nSPS) is 19.1. The SMILES string of the molecule is COC(=O)C1CCN(C(=O)NCCC(C)CCC(=O)O)C1. The van der Waals surface area contributed by atoms with Gasteiger partial charge in [-0.15, -0.1) is 0 Å². The summed E-state index contributed by atoms with van der Waals surface area (Å²) in [4.78, 5) is 35.4. The number of likely N-dealkylation sites (tertiary alicyclic amines) is 1. The maximum absolute atomic E-state index is 11.9. The molecule has 0 spiro atoms. The number of nitrogens with one attached hydrogen (secondary N) is 1. The average Bonchev–Trinajstić information content (AvgIpc) is 2.94. The van der Waals surface area contributed by atoms with Crippen LogP contribution in [0.3, 0.4) is 0 Å². The Labute approximate surface area is 124 Å². The van der Waals surface area contributed by atoms with E-state index in [1.54, 1.807) is 4.90 Å². The van der Waals surface area contributed by atoms with Crippen molar-refractivity contribution in [2.24, 2.45) is 11.8 Å². The van der Waals surface area contributed by atoms with Crippen molar-refractivity contribution in [2.75, 3.05) is 26.7 Å². The summed E-state index contributed by atoms with van der Waals surface area (Å²) in [5.41, 5.74) is 0. The summed E-state index contributed by atoms with van der Waals surface area (Å²) < 4.78 is 4.68. The second kappa shape index (κ2) is 8.49. The molecule has 0 aromatic heterocycles. The minimum atomic E-state index is -0.795. The number of hydrogen-bond acceptors (Lipinski definition) is 4. The minimum Gasteiger partial charge on any atom is -0.481 e. The fraction of sp³-hybridized carbons (Fsp3) is 0.786. The van der Waals surface area contributed by atoms with Gasteiger partial charge in [-0.05, 0) is 25.2 Å². The number of carbonyl (C=O) groups excluding carboxylic acids is 2. The van der Waals surface area contributed by atoms with Crippen molar-refractivity contribution in [2.45, 2.75) is 32.6 Å². The highest BCUT2D eigenvalue weighted by Gasteiger charge is 2.31. The van der Waals surface area contributed by atoms with E-state index >= 15 is 0 Å². The Balaban J connectivity index is 2.20. The summed E-state index contributed by atoms with van der Waals surface area (Å²) >= 11 is 0. The molecule has 0 aromatic carbocycles. The van der Waals surface area contributed by atoms with Crippen LogP contribution in [0.1, 0.15) is 32.6 Å². The second-order valence-electron chi connectivity index (χ2n) is 5.51. The van der Waals surface area contributed by atoms with E-state index in [0.29, 0.717) is 32.5 Å². The zero-order valence-corrected chi connectivity index (χ0v) is 12.6. The quantitative estimate of drug-likeness (QED) is 0.686. The molecular formula is C14H24N2O5. The first-order chi connectivity index (χ1) is 9.93. The maximum Gasteiger partial charge on any atom is 0.317 e. The summed E-state index contributed by atoms with van der Waals surface area (Å²) in [6.45, 7) is 3.44. The number of carboxylic acids is 1. The molecule has 1 heterocycles. The number of esters is 1. The van der Waals surface area contributed by atoms with Crippen molar-refractivity contribution in [3.63, 3.8) is 0 Å². The molecule has 1 aliphatic rings. The van der Waals surface area contributed by atoms with Crippen LogP contribution in [0.5, 0.6) is 0 Å². The van der Waals surface area contributed by atoms with Crippen LogP contribution in [-0.2, 0) is 14.3 Å². The van der Waals surface area contributed by atoms with Gasteiger partial charge in [0.15, 0.2) is 0 Å². The molecule has 1 aliphatic heterocycles. The van der Waals surface area contributed by atoms with Crippen LogP contribution in [0.2, 0.25) is 0 Å². The van der Waals surface area contributed by atoms with Crippen molar-refractivity contribution in [3.05, 3.63) is 0 Å². The van der Waals surface area contributed by atoms with Crippen LogP contribution in [0.25, 0.3) is 0 Å². The zero-order chi connectivity index (χ0) is 15.8. The smallest absolute Gasteiger partial charge is 0.317 e. The zero-order valence-electron chi connectivity index (χ0n) is 12.6. The Morgan fingerprint density at radius 2 is 2.10 bits per heavy atom. The molecule has 7 heteroatoms. The predicted octanol–water partition coefficient (Wildman–Crippen LogP) is 1.08. The van der Waals surface area contributed by atoms with E-state index in [2.05, 4.69) is 10.1 Å². The Morgan fingerprint density at radius 1 is 1.38 bits per heavy atom. The average molecular weight is 300 g/mol. The van der Waals surface area contributed by atoms with Gasteiger partial charge in [-0.1, -0.05) is 6.92 Å². The van der Waals surface area contributed by atoms with Gasteiger partial charge in [-0.25, -0.2) is 4.79 Å². The lowest BCUT2D eigenvalue weighted by Crippen LogP contribution is -2.39. The molecule has 0 aromatic rings. The molecule has 0 radical (unpaired) electrons. The summed E-state index contributed by atoms with van der Waals surface area (Å²) in [7, 11) is 1.35. The number of aliphatic carboxylic acids is 1. The van der Waals surface area contributed by atoms with Gasteiger partial charge in [0.05, 0.1) is 13.0 Å². The third-order valence-electron chi connectivity index (χ3n) is 3.77. The second-order valence-corrected chi connectivity index (χ2v) is 5.51. The number of carbonyl (C=O) groups is 3. The molecule has 2 atom stereocenters. The number of rotatable bonds is 7. The van der Waals surface area contributed by atoms with Crippen LogP contribution >= 0.6 is 0 Å². The molecule has 0 bridgehead atoms. The Hall–Kier alpha value is -1.79. The third-order valence-corrected chi connectivity index (χ3v) is 3.77. The number of carboxylic acid groups (broad SMARTS) is 1. The predicted molar refractivity (Wildman–Crippen MR) is 75.7 cm³/mol. The lowest BCUT2D eigenvalue weighted by Gasteiger charge is -2.18. The van der Waals surface area contributed by atoms with Crippen LogP contribution in [-0.4, -0.2) is 54.7 Å². The monoisotopic (exact) mass is 300 g/mol. The molecule has 2 N–H and O–H groups in total. The van der Waals surface area contributed by atoms with Gasteiger partial charge in [-0.3, -0.25) is 9.59 Å². The van der Waals surface area contributed by atoms with Crippen LogP contribution in [0.4, 0.5) is 4.79 Å². The fourth-order valence-electron chi connectivity index (χ4n) is 2.36. The maximum atomic E-state index is 11.9. The number of methoxy groups -OCH3 is 1. The van der Waals surface area contributed by atoms with Crippen molar-refractivity contribution in [3.8, 4) is 0 Å². The topological polar surface area (TPSA) is 95.9 Å². The van der Waals surface area contributed by atoms with Crippen LogP contribution < -0.4 is 5.32 Å². The van der Waals surface area contributed by atoms with E-state index in [1.165, 1.54) is 7.11 Å². The molecule has 1 fully saturated rings. The van der Waals surface area contributed by atoms with Gasteiger partial charge >= 0.3 is 18.0 Å². The molecule has 7 nitrogen and oxygen atoms in total. The van der Waals surface area contributed by atoms with Gasteiger partial charge in [0.1, 0.15) is 0 Å². The van der Waals surface area contributed by atoms with E-state index in [-0.39, 0.29) is 30.3 Å². The van der Waals surface area contributed by atoms with E-state index in [4.69, 9.17) is 5.11 Å². The van der Waals surface area contributed by atoms with E-state index in [1.807, 2.05) is 6.92 Å². The summed E-state index contributed by atoms with van der Waals surface area (Å²) in [5, 5.41) is 11.4. The molecule has 120 valence electrons. The first kappa shape index (κ1) is 17.3. The molecule has 0 saturated carbocycles. The van der Waals surface area contributed by atoms with Gasteiger partial charge in [-0.2, -0.15) is 0 Å². The standard InChI is InChI=1S/C14H24N2O5/c1-10(3-4-12(17)18)5-7-15-14(20)16-8-6-11(9-16)13(19)21-2/h10-11H,3-9H2,1-2H3,(H,15,20)(H,17,18). The molecule has 1 saturated heterocycles. The largest absolute Gasteiger partial charge is 0.481 e. The number of hydrogen-bond donors (Lipinski definition) is 2. The number of urea groups is 1. The van der Waals surface area contributed by atoms with E-state index in [9.17, 15) is 14.4 Å². The Kier molecular flexibility index (Phi) is 6.98. The van der Waals surface area contributed by atoms with Gasteiger partial charge in [0.2, 0.25) is 0 Å². The summed E-state index contributed by atoms with van der Waals surface area (Å²) in [5.74, 6) is -1.04. The van der Waals surface area contributed by atoms with Crippen molar-refractivity contribution < 1.29 is 24.2 Å². The fourth-order valence-corrected chi connectivity index (χ4v) is 2.36. The molecular weight excluding hydrogens is 276 g/mol. The summed E-state index contributed by atoms with van der Waals surface area (Å²) in [6.07, 6.45) is 2.14. The Bertz CT molecular complexity index is 386. The van der Waals surface area contributed by atoms with Gasteiger partial charge < -0.3 is 20.1 Å². The molecule has 2 amide bonds. The van der Waals surface area contributed by atoms with Crippen molar-refractivity contribution in [1.82, 2.24) is 10.2 Å². The summed E-state index contributed by atoms with van der Waals surface area (Å²) in [6, 6.07) is -0.174. The molecule has 2 unspecified atom stereocenters. The van der Waals surface area contributed by atoms with Gasteiger partial charge in [0.25, 0.3) is 0 Å². The lowest BCUT2D eigenvalue weighted by atomic mass is 10.0. The number of ether oxygens (including phenoxy) is 1. The molecule has 0 aliphatic carbocycles. The van der Waals surface area contributed by atoms with E-state index in [0.717, 1.165) is 6.42 Å². The van der Waals surface area contributed by atoms with Crippen LogP contribution in [0.15, 0.2) is 0 Å². The number of nitrogens with zero attached hydrogens (tertiary/aromatic N) is 1. The highest BCUT2D eigenvalue weighted by molar-refractivity contribution is 5.78. The van der Waals surface area contributed by atoms with E-state index < -0.39 is 5.97 Å². The first-order valence-corrected chi connectivity index (χ1v) is 7.26. The Morgan fingerprint density at radius 3 is 2.71 bits per heavy atom. The number of amides is 2. The first-order valence-electron chi connectivity index (χ1n) is 7.26. The lowest BCUT2D eigenvalue weighted by molar-refractivity contribution is -0.144. The molecule has 1 rings (SSSR count). The third kappa shape index (κ3) is 6.01. The van der Waals surface area contributed by atoms with Gasteiger partial charge in [0, 0.05) is 26.1 Å².